The highest BCUT2D eigenvalue weighted by atomic mass is 35.5. The quantitative estimate of drug-likeness (QED) is 0.805. The lowest BCUT2D eigenvalue weighted by atomic mass is 10.2. The average Bonchev–Trinajstić information content (AvgIpc) is 3.03. The van der Waals surface area contributed by atoms with Crippen molar-refractivity contribution in [1.29, 1.82) is 0 Å². The number of nitrogens with one attached hydrogen (secondary N) is 1. The van der Waals surface area contributed by atoms with Gasteiger partial charge in [-0.25, -0.2) is 4.39 Å². The highest BCUT2D eigenvalue weighted by molar-refractivity contribution is 6.30. The number of aromatic nitrogens is 4. The van der Waals surface area contributed by atoms with Crippen molar-refractivity contribution in [2.24, 2.45) is 0 Å². The van der Waals surface area contributed by atoms with E-state index in [1.54, 1.807) is 12.1 Å². The third-order valence-corrected chi connectivity index (χ3v) is 3.29. The fourth-order valence-corrected chi connectivity index (χ4v) is 2.16. The Balaban J connectivity index is 1.85. The summed E-state index contributed by atoms with van der Waals surface area (Å²) in [6, 6.07) is 12.4. The van der Waals surface area contributed by atoms with Gasteiger partial charge in [-0.15, -0.1) is 5.10 Å². The molecule has 2 aromatic carbocycles. The number of rotatable bonds is 4. The monoisotopic (exact) mass is 303 g/mol. The topological polar surface area (TPSA) is 55.6 Å². The number of benzene rings is 2. The molecular formula is C14H11ClFN5. The lowest BCUT2D eigenvalue weighted by molar-refractivity contribution is 0.613. The van der Waals surface area contributed by atoms with Crippen LogP contribution in [0.25, 0.3) is 5.69 Å². The van der Waals surface area contributed by atoms with Gasteiger partial charge in [-0.2, -0.15) is 4.68 Å². The maximum Gasteiger partial charge on any atom is 0.146 e. The first-order chi connectivity index (χ1) is 10.3. The van der Waals surface area contributed by atoms with Crippen molar-refractivity contribution in [3.63, 3.8) is 0 Å². The van der Waals surface area contributed by atoms with E-state index in [0.717, 1.165) is 11.4 Å². The van der Waals surface area contributed by atoms with E-state index < -0.39 is 5.82 Å². The van der Waals surface area contributed by atoms with Gasteiger partial charge in [-0.05, 0) is 28.6 Å². The van der Waals surface area contributed by atoms with Crippen LogP contribution in [0.1, 0.15) is 5.56 Å². The van der Waals surface area contributed by atoms with Gasteiger partial charge in [0.05, 0.1) is 16.4 Å². The van der Waals surface area contributed by atoms with Crippen LogP contribution >= 0.6 is 11.6 Å². The lowest BCUT2D eigenvalue weighted by Crippen LogP contribution is -2.06. The molecule has 0 aliphatic rings. The summed E-state index contributed by atoms with van der Waals surface area (Å²) in [7, 11) is 0. The second-order valence-corrected chi connectivity index (χ2v) is 4.75. The first-order valence-electron chi connectivity index (χ1n) is 6.25. The maximum atomic E-state index is 13.9. The Morgan fingerprint density at radius 1 is 1.14 bits per heavy atom. The minimum atomic E-state index is -0.411. The summed E-state index contributed by atoms with van der Waals surface area (Å²) in [5.74, 6) is -0.411. The smallest absolute Gasteiger partial charge is 0.146 e. The first-order valence-corrected chi connectivity index (χ1v) is 6.62. The van der Waals surface area contributed by atoms with Gasteiger partial charge < -0.3 is 5.32 Å². The molecule has 0 fully saturated rings. The molecule has 1 aromatic heterocycles. The normalized spacial score (nSPS) is 10.6. The van der Waals surface area contributed by atoms with Crippen molar-refractivity contribution in [2.45, 2.75) is 6.54 Å². The van der Waals surface area contributed by atoms with Crippen molar-refractivity contribution < 1.29 is 4.39 Å². The van der Waals surface area contributed by atoms with Gasteiger partial charge in [0, 0.05) is 12.1 Å². The van der Waals surface area contributed by atoms with Crippen molar-refractivity contribution in [1.82, 2.24) is 20.2 Å². The third-order valence-electron chi connectivity index (χ3n) is 3.00. The number of hydrogen-bond acceptors (Lipinski definition) is 4. The van der Waals surface area contributed by atoms with Crippen molar-refractivity contribution in [3.8, 4) is 5.69 Å². The number of tetrazole rings is 1. The fourth-order valence-electron chi connectivity index (χ4n) is 1.97. The molecule has 106 valence electrons. The molecule has 3 aromatic rings. The van der Waals surface area contributed by atoms with E-state index in [1.165, 1.54) is 17.1 Å². The predicted molar refractivity (Wildman–Crippen MR) is 77.9 cm³/mol. The van der Waals surface area contributed by atoms with Crippen LogP contribution in [0.2, 0.25) is 5.02 Å². The second kappa shape index (κ2) is 5.88. The molecule has 0 aliphatic carbocycles. The summed E-state index contributed by atoms with van der Waals surface area (Å²) in [6.07, 6.45) is 1.50. The highest BCUT2D eigenvalue weighted by Crippen LogP contribution is 2.22. The predicted octanol–water partition coefficient (Wildman–Crippen LogP) is 3.07. The molecule has 0 aliphatic heterocycles. The Bertz CT molecular complexity index is 745. The number of halogens is 2. The highest BCUT2D eigenvalue weighted by Gasteiger charge is 2.08. The first kappa shape index (κ1) is 13.5. The Labute approximate surface area is 125 Å². The van der Waals surface area contributed by atoms with E-state index in [2.05, 4.69) is 20.8 Å². The van der Waals surface area contributed by atoms with Gasteiger partial charge in [0.15, 0.2) is 0 Å². The number of para-hydroxylation sites is 2. The summed E-state index contributed by atoms with van der Waals surface area (Å²) in [4.78, 5) is 0. The molecule has 0 saturated carbocycles. The van der Waals surface area contributed by atoms with E-state index in [9.17, 15) is 4.39 Å². The van der Waals surface area contributed by atoms with Crippen molar-refractivity contribution >= 4 is 17.3 Å². The molecule has 0 saturated heterocycles. The van der Waals surface area contributed by atoms with E-state index >= 15 is 0 Å². The van der Waals surface area contributed by atoms with Crippen LogP contribution in [-0.4, -0.2) is 20.2 Å². The molecule has 21 heavy (non-hydrogen) atoms. The number of nitrogens with zero attached hydrogens (tertiary/aromatic N) is 4. The molecule has 7 heteroatoms. The largest absolute Gasteiger partial charge is 0.379 e. The zero-order valence-corrected chi connectivity index (χ0v) is 11.6. The Kier molecular flexibility index (Phi) is 3.79. The minimum absolute atomic E-state index is 0.114. The van der Waals surface area contributed by atoms with Crippen LogP contribution in [0.3, 0.4) is 0 Å². The van der Waals surface area contributed by atoms with Gasteiger partial charge in [0.1, 0.15) is 12.1 Å². The summed E-state index contributed by atoms with van der Waals surface area (Å²) in [6.45, 7) is 0.311. The Morgan fingerprint density at radius 2 is 2.00 bits per heavy atom. The number of anilines is 1. The Morgan fingerprint density at radius 3 is 2.81 bits per heavy atom. The second-order valence-electron chi connectivity index (χ2n) is 4.34. The average molecular weight is 304 g/mol. The molecule has 0 spiro atoms. The third kappa shape index (κ3) is 2.85. The van der Waals surface area contributed by atoms with E-state index in [0.29, 0.717) is 12.1 Å². The molecule has 0 atom stereocenters. The Hall–Kier alpha value is -2.47. The molecule has 1 N–H and O–H groups in total. The standard InChI is InChI=1S/C14H11ClFN5/c15-11-5-3-4-10(14(11)16)8-17-12-6-1-2-7-13(12)21-9-18-19-20-21/h1-7,9,17H,8H2. The summed E-state index contributed by atoms with van der Waals surface area (Å²) in [5, 5.41) is 14.4. The summed E-state index contributed by atoms with van der Waals surface area (Å²) < 4.78 is 15.4. The van der Waals surface area contributed by atoms with Gasteiger partial charge in [-0.3, -0.25) is 0 Å². The van der Waals surface area contributed by atoms with E-state index in [1.807, 2.05) is 24.3 Å². The van der Waals surface area contributed by atoms with Crippen LogP contribution in [0.15, 0.2) is 48.8 Å². The molecule has 1 heterocycles. The van der Waals surface area contributed by atoms with Crippen molar-refractivity contribution in [2.75, 3.05) is 5.32 Å². The van der Waals surface area contributed by atoms with Gasteiger partial charge in [0.25, 0.3) is 0 Å². The van der Waals surface area contributed by atoms with Crippen molar-refractivity contribution in [3.05, 3.63) is 65.2 Å². The van der Waals surface area contributed by atoms with Crippen LogP contribution in [0.4, 0.5) is 10.1 Å². The molecule has 0 radical (unpaired) electrons. The zero-order valence-electron chi connectivity index (χ0n) is 10.9. The summed E-state index contributed by atoms with van der Waals surface area (Å²) >= 11 is 5.77. The van der Waals surface area contributed by atoms with Crippen LogP contribution < -0.4 is 5.32 Å². The molecule has 0 unspecified atom stereocenters. The van der Waals surface area contributed by atoms with E-state index in [-0.39, 0.29) is 5.02 Å². The van der Waals surface area contributed by atoms with Gasteiger partial charge in [0.2, 0.25) is 0 Å². The van der Waals surface area contributed by atoms with Gasteiger partial charge in [-0.1, -0.05) is 35.9 Å². The molecule has 3 rings (SSSR count). The fraction of sp³-hybridized carbons (Fsp3) is 0.0714. The molecule has 0 bridgehead atoms. The minimum Gasteiger partial charge on any atom is -0.379 e. The molecule has 5 nitrogen and oxygen atoms in total. The number of hydrogen-bond donors (Lipinski definition) is 1. The van der Waals surface area contributed by atoms with Crippen LogP contribution in [0.5, 0.6) is 0 Å². The molecule has 0 amide bonds. The zero-order chi connectivity index (χ0) is 14.7. The molecular weight excluding hydrogens is 293 g/mol. The van der Waals surface area contributed by atoms with E-state index in [4.69, 9.17) is 11.6 Å². The SMILES string of the molecule is Fc1c(Cl)cccc1CNc1ccccc1-n1cnnn1. The maximum absolute atomic E-state index is 13.9. The summed E-state index contributed by atoms with van der Waals surface area (Å²) in [5.41, 5.74) is 2.07. The van der Waals surface area contributed by atoms with Gasteiger partial charge >= 0.3 is 0 Å². The van der Waals surface area contributed by atoms with Crippen LogP contribution in [-0.2, 0) is 6.54 Å². The lowest BCUT2D eigenvalue weighted by Gasteiger charge is -2.12. The van der Waals surface area contributed by atoms with Crippen LogP contribution in [0, 0.1) is 5.82 Å².